The molecule has 2 aromatic heterocycles. The number of aryl methyl sites for hydroxylation is 4. The summed E-state index contributed by atoms with van der Waals surface area (Å²) in [6, 6.07) is 8.33. The van der Waals surface area contributed by atoms with Crippen molar-refractivity contribution in [3.63, 3.8) is 0 Å². The summed E-state index contributed by atoms with van der Waals surface area (Å²) in [6.45, 7) is 7.74. The number of hydrogen-bond donors (Lipinski definition) is 0. The van der Waals surface area contributed by atoms with Crippen LogP contribution in [0, 0.1) is 50.4 Å². The summed E-state index contributed by atoms with van der Waals surface area (Å²) in [6.07, 6.45) is 0. The monoisotopic (exact) mass is 354 g/mol. The Kier molecular flexibility index (Phi) is 6.25. The number of pyridine rings is 2. The predicted octanol–water partition coefficient (Wildman–Crippen LogP) is 4.34. The number of aromatic nitrogens is 2. The first-order chi connectivity index (χ1) is 11.5. The van der Waals surface area contributed by atoms with Gasteiger partial charge in [-0.3, -0.25) is 0 Å². The topological polar surface area (TPSA) is 73.4 Å². The molecule has 0 fully saturated rings. The van der Waals surface area contributed by atoms with Crippen molar-refractivity contribution in [2.24, 2.45) is 0 Å². The molecule has 0 unspecified atom stereocenters. The van der Waals surface area contributed by atoms with Crippen LogP contribution < -0.4 is 0 Å². The lowest BCUT2D eigenvalue weighted by molar-refractivity contribution is 1.03. The highest BCUT2D eigenvalue weighted by atomic mass is 32.2. The summed E-state index contributed by atoms with van der Waals surface area (Å²) in [4.78, 5) is 8.95. The van der Waals surface area contributed by atoms with E-state index in [9.17, 15) is 10.5 Å². The van der Waals surface area contributed by atoms with Crippen LogP contribution in [0.4, 0.5) is 0 Å². The smallest absolute Gasteiger partial charge is 0.114 e. The van der Waals surface area contributed by atoms with Crippen molar-refractivity contribution >= 4 is 23.5 Å². The molecule has 2 heterocycles. The molecule has 0 aliphatic rings. The first-order valence-corrected chi connectivity index (χ1v) is 9.45. The minimum atomic E-state index is 0.651. The largest absolute Gasteiger partial charge is 0.245 e. The van der Waals surface area contributed by atoms with Gasteiger partial charge in [-0.15, -0.1) is 23.5 Å². The van der Waals surface area contributed by atoms with E-state index in [1.54, 1.807) is 23.5 Å². The van der Waals surface area contributed by atoms with Crippen molar-refractivity contribution in [2.75, 3.05) is 11.5 Å². The number of hydrogen-bond acceptors (Lipinski definition) is 6. The Bertz CT molecular complexity index is 776. The fraction of sp³-hybridized carbons (Fsp3) is 0.333. The fourth-order valence-corrected chi connectivity index (χ4v) is 4.53. The van der Waals surface area contributed by atoms with Gasteiger partial charge in [-0.1, -0.05) is 0 Å². The van der Waals surface area contributed by atoms with Crippen molar-refractivity contribution in [3.05, 3.63) is 45.8 Å². The molecular weight excluding hydrogens is 336 g/mol. The van der Waals surface area contributed by atoms with Gasteiger partial charge in [0.05, 0.1) is 11.1 Å². The first-order valence-electron chi connectivity index (χ1n) is 7.48. The van der Waals surface area contributed by atoms with Gasteiger partial charge < -0.3 is 0 Å². The van der Waals surface area contributed by atoms with Crippen molar-refractivity contribution in [1.82, 2.24) is 9.97 Å². The van der Waals surface area contributed by atoms with Crippen molar-refractivity contribution in [1.29, 1.82) is 10.5 Å². The third-order valence-corrected chi connectivity index (χ3v) is 5.62. The molecule has 0 bridgehead atoms. The molecular formula is C18H18N4S2. The molecule has 0 amide bonds. The fourth-order valence-electron chi connectivity index (χ4n) is 2.36. The number of nitrogens with zero attached hydrogens (tertiary/aromatic N) is 4. The minimum absolute atomic E-state index is 0.651. The number of thioether (sulfide) groups is 2. The third kappa shape index (κ3) is 4.29. The maximum Gasteiger partial charge on any atom is 0.114 e. The van der Waals surface area contributed by atoms with Gasteiger partial charge in [0.15, 0.2) is 0 Å². The van der Waals surface area contributed by atoms with Gasteiger partial charge in [0.25, 0.3) is 0 Å². The second-order valence-corrected chi connectivity index (χ2v) is 7.61. The molecule has 4 nitrogen and oxygen atoms in total. The lowest BCUT2D eigenvalue weighted by Crippen LogP contribution is -1.98. The van der Waals surface area contributed by atoms with Crippen LogP contribution in [0.1, 0.15) is 33.6 Å². The van der Waals surface area contributed by atoms with E-state index in [4.69, 9.17) is 0 Å². The summed E-state index contributed by atoms with van der Waals surface area (Å²) in [5.74, 6) is 1.60. The van der Waals surface area contributed by atoms with Crippen molar-refractivity contribution in [3.8, 4) is 12.1 Å². The van der Waals surface area contributed by atoms with E-state index in [2.05, 4.69) is 22.1 Å². The van der Waals surface area contributed by atoms with E-state index >= 15 is 0 Å². The molecule has 0 spiro atoms. The average Bonchev–Trinajstić information content (AvgIpc) is 2.50. The molecule has 2 aromatic rings. The van der Waals surface area contributed by atoms with E-state index in [0.29, 0.717) is 11.1 Å². The Morgan fingerprint density at radius 3 is 1.50 bits per heavy atom. The van der Waals surface area contributed by atoms with Crippen LogP contribution in [-0.2, 0) is 0 Å². The zero-order chi connectivity index (χ0) is 17.7. The normalized spacial score (nSPS) is 10.2. The SMILES string of the molecule is Cc1cc(C)c(C#N)c(SCCSc2nc(C)cc(C)c2C#N)n1. The van der Waals surface area contributed by atoms with Gasteiger partial charge in [-0.05, 0) is 51.0 Å². The summed E-state index contributed by atoms with van der Waals surface area (Å²) < 4.78 is 0. The Morgan fingerprint density at radius 2 is 1.17 bits per heavy atom. The lowest BCUT2D eigenvalue weighted by Gasteiger charge is -2.09. The zero-order valence-electron chi connectivity index (χ0n) is 14.2. The third-order valence-electron chi connectivity index (χ3n) is 3.41. The summed E-state index contributed by atoms with van der Waals surface area (Å²) in [5, 5.41) is 20.2. The average molecular weight is 355 g/mol. The van der Waals surface area contributed by atoms with E-state index < -0.39 is 0 Å². The standard InChI is InChI=1S/C18H18N4S2/c1-11-7-13(3)21-17(15(11)9-19)23-5-6-24-18-16(10-20)12(2)8-14(4)22-18/h7-8H,5-6H2,1-4H3. The minimum Gasteiger partial charge on any atom is -0.245 e. The molecule has 0 aliphatic heterocycles. The van der Waals surface area contributed by atoms with Crippen LogP contribution in [0.25, 0.3) is 0 Å². The lowest BCUT2D eigenvalue weighted by atomic mass is 10.1. The maximum absolute atomic E-state index is 9.30. The molecule has 0 radical (unpaired) electrons. The molecule has 6 heteroatoms. The first kappa shape index (κ1) is 18.3. The van der Waals surface area contributed by atoms with Crippen molar-refractivity contribution < 1.29 is 0 Å². The van der Waals surface area contributed by atoms with E-state index in [1.807, 2.05) is 39.8 Å². The Labute approximate surface area is 151 Å². The van der Waals surface area contributed by atoms with Gasteiger partial charge >= 0.3 is 0 Å². The molecule has 0 saturated carbocycles. The van der Waals surface area contributed by atoms with Gasteiger partial charge in [-0.25, -0.2) is 9.97 Å². The molecule has 0 saturated heterocycles. The van der Waals surface area contributed by atoms with Crippen LogP contribution in [0.5, 0.6) is 0 Å². The molecule has 0 atom stereocenters. The summed E-state index contributed by atoms with van der Waals surface area (Å²) in [5.41, 5.74) is 5.07. The zero-order valence-corrected chi connectivity index (χ0v) is 15.8. The van der Waals surface area contributed by atoms with Gasteiger partial charge in [-0.2, -0.15) is 10.5 Å². The highest BCUT2D eigenvalue weighted by molar-refractivity contribution is 8.02. The number of nitriles is 2. The Balaban J connectivity index is 2.05. The molecule has 0 aromatic carbocycles. The molecule has 0 aliphatic carbocycles. The maximum atomic E-state index is 9.30. The quantitative estimate of drug-likeness (QED) is 0.587. The molecule has 2 rings (SSSR count). The van der Waals surface area contributed by atoms with Crippen molar-refractivity contribution in [2.45, 2.75) is 37.7 Å². The highest BCUT2D eigenvalue weighted by Gasteiger charge is 2.11. The van der Waals surface area contributed by atoms with Crippen LogP contribution >= 0.6 is 23.5 Å². The van der Waals surface area contributed by atoms with Gasteiger partial charge in [0, 0.05) is 22.9 Å². The second kappa shape index (κ2) is 8.19. The van der Waals surface area contributed by atoms with Crippen LogP contribution in [0.2, 0.25) is 0 Å². The van der Waals surface area contributed by atoms with E-state index in [0.717, 1.165) is 44.1 Å². The molecule has 24 heavy (non-hydrogen) atoms. The van der Waals surface area contributed by atoms with E-state index in [-0.39, 0.29) is 0 Å². The Hall–Kier alpha value is -2.02. The summed E-state index contributed by atoms with van der Waals surface area (Å²) in [7, 11) is 0. The number of rotatable bonds is 5. The second-order valence-electron chi connectivity index (χ2n) is 5.44. The molecule has 0 N–H and O–H groups in total. The predicted molar refractivity (Wildman–Crippen MR) is 98.3 cm³/mol. The van der Waals surface area contributed by atoms with Crippen LogP contribution in [0.15, 0.2) is 22.2 Å². The van der Waals surface area contributed by atoms with Crippen LogP contribution in [-0.4, -0.2) is 21.5 Å². The van der Waals surface area contributed by atoms with Gasteiger partial charge in [0.2, 0.25) is 0 Å². The highest BCUT2D eigenvalue weighted by Crippen LogP contribution is 2.27. The summed E-state index contributed by atoms with van der Waals surface area (Å²) >= 11 is 3.15. The molecule has 122 valence electrons. The van der Waals surface area contributed by atoms with Crippen LogP contribution in [0.3, 0.4) is 0 Å². The van der Waals surface area contributed by atoms with Gasteiger partial charge in [0.1, 0.15) is 22.2 Å². The Morgan fingerprint density at radius 1 is 0.792 bits per heavy atom. The van der Waals surface area contributed by atoms with E-state index in [1.165, 1.54) is 0 Å².